The van der Waals surface area contributed by atoms with Gasteiger partial charge in [0.25, 0.3) is 0 Å². The van der Waals surface area contributed by atoms with Gasteiger partial charge in [0.15, 0.2) is 5.82 Å². The van der Waals surface area contributed by atoms with E-state index in [1.54, 1.807) is 0 Å². The van der Waals surface area contributed by atoms with Crippen LogP contribution in [0.5, 0.6) is 0 Å². The van der Waals surface area contributed by atoms with E-state index >= 15 is 0 Å². The third kappa shape index (κ3) is 3.76. The molecule has 8 rings (SSSR count). The predicted octanol–water partition coefficient (Wildman–Crippen LogP) is 9.54. The molecule has 0 saturated heterocycles. The van der Waals surface area contributed by atoms with Gasteiger partial charge in [-0.15, -0.1) is 0 Å². The first-order valence-corrected chi connectivity index (χ1v) is 14.2. The maximum absolute atomic E-state index is 5.16. The summed E-state index contributed by atoms with van der Waals surface area (Å²) in [7, 11) is 0. The van der Waals surface area contributed by atoms with Gasteiger partial charge in [0, 0.05) is 37.8 Å². The predicted molar refractivity (Wildman–Crippen MR) is 167 cm³/mol. The molecule has 0 bridgehead atoms. The number of nitrogens with zero attached hydrogens (tertiary/aromatic N) is 3. The zero-order valence-corrected chi connectivity index (χ0v) is 22.3. The Hall–Kier alpha value is -4.93. The summed E-state index contributed by atoms with van der Waals surface area (Å²) in [5, 5.41) is 2.46. The fourth-order valence-corrected chi connectivity index (χ4v) is 6.65. The summed E-state index contributed by atoms with van der Waals surface area (Å²) in [4.78, 5) is 12.7. The number of aromatic nitrogens is 3. The Balaban J connectivity index is 1.43. The molecule has 7 aromatic rings. The molecule has 0 unspecified atom stereocenters. The van der Waals surface area contributed by atoms with Gasteiger partial charge in [-0.05, 0) is 35.4 Å². The van der Waals surface area contributed by atoms with Crippen LogP contribution in [-0.4, -0.2) is 14.5 Å². The van der Waals surface area contributed by atoms with E-state index in [4.69, 9.17) is 9.97 Å². The van der Waals surface area contributed by atoms with E-state index in [1.807, 2.05) is 36.0 Å². The smallest absolute Gasteiger partial charge is 0.162 e. The molecule has 2 aromatic heterocycles. The van der Waals surface area contributed by atoms with Crippen molar-refractivity contribution in [3.63, 3.8) is 0 Å². The summed E-state index contributed by atoms with van der Waals surface area (Å²) >= 11 is 1.83. The van der Waals surface area contributed by atoms with Crippen LogP contribution < -0.4 is 0 Å². The lowest BCUT2D eigenvalue weighted by molar-refractivity contribution is 1.05. The van der Waals surface area contributed by atoms with Crippen LogP contribution in [0.3, 0.4) is 0 Å². The van der Waals surface area contributed by atoms with Gasteiger partial charge in [-0.1, -0.05) is 121 Å². The molecule has 0 saturated carbocycles. The van der Waals surface area contributed by atoms with Gasteiger partial charge in [0.2, 0.25) is 0 Å². The Labute approximate surface area is 236 Å². The third-order valence-corrected chi connectivity index (χ3v) is 8.62. The van der Waals surface area contributed by atoms with Crippen LogP contribution in [0.15, 0.2) is 137 Å². The molecule has 3 nitrogen and oxygen atoms in total. The van der Waals surface area contributed by atoms with Crippen molar-refractivity contribution in [2.75, 3.05) is 0 Å². The molecule has 5 aromatic carbocycles. The van der Waals surface area contributed by atoms with Gasteiger partial charge in [-0.25, -0.2) is 9.97 Å². The second-order valence-electron chi connectivity index (χ2n) is 9.86. The van der Waals surface area contributed by atoms with Crippen molar-refractivity contribution in [1.82, 2.24) is 14.5 Å². The Bertz CT molecular complexity index is 2020. The number of benzene rings is 5. The van der Waals surface area contributed by atoms with Crippen LogP contribution >= 0.6 is 11.8 Å². The summed E-state index contributed by atoms with van der Waals surface area (Å²) in [6, 6.07) is 44.4. The van der Waals surface area contributed by atoms with Crippen molar-refractivity contribution in [2.45, 2.75) is 9.79 Å². The zero-order chi connectivity index (χ0) is 26.5. The first kappa shape index (κ1) is 23.0. The lowest BCUT2D eigenvalue weighted by Gasteiger charge is -2.12. The van der Waals surface area contributed by atoms with Gasteiger partial charge in [-0.3, -0.25) is 4.57 Å². The van der Waals surface area contributed by atoms with Gasteiger partial charge < -0.3 is 0 Å². The van der Waals surface area contributed by atoms with Gasteiger partial charge in [0.05, 0.1) is 16.7 Å². The Morgan fingerprint density at radius 2 is 1.27 bits per heavy atom. The Kier molecular flexibility index (Phi) is 5.39. The van der Waals surface area contributed by atoms with E-state index in [9.17, 15) is 0 Å². The highest BCUT2D eigenvalue weighted by Crippen LogP contribution is 2.43. The van der Waals surface area contributed by atoms with Crippen molar-refractivity contribution in [3.05, 3.63) is 139 Å². The molecule has 0 amide bonds. The molecule has 0 spiro atoms. The van der Waals surface area contributed by atoms with Crippen LogP contribution in [0.2, 0.25) is 0 Å². The minimum absolute atomic E-state index is 0.712. The average molecular weight is 530 g/mol. The van der Waals surface area contributed by atoms with Crippen molar-refractivity contribution >= 4 is 45.7 Å². The molecular formula is C36H23N3S. The fraction of sp³-hybridized carbons (Fsp3) is 0. The first-order valence-electron chi connectivity index (χ1n) is 13.3. The van der Waals surface area contributed by atoms with Crippen molar-refractivity contribution < 1.29 is 0 Å². The second kappa shape index (κ2) is 9.37. The summed E-state index contributed by atoms with van der Waals surface area (Å²) < 4.78 is 2.29. The normalized spacial score (nSPS) is 12.3. The largest absolute Gasteiger partial charge is 0.294 e. The number of hydrogen-bond donors (Lipinski definition) is 0. The van der Waals surface area contributed by atoms with Gasteiger partial charge in [0.1, 0.15) is 5.82 Å². The van der Waals surface area contributed by atoms with Crippen molar-refractivity contribution in [2.24, 2.45) is 0 Å². The van der Waals surface area contributed by atoms with E-state index in [-0.39, 0.29) is 0 Å². The number of hydrogen-bond acceptors (Lipinski definition) is 3. The molecule has 0 atom stereocenters. The van der Waals surface area contributed by atoms with E-state index in [1.165, 1.54) is 31.7 Å². The van der Waals surface area contributed by atoms with E-state index in [0.29, 0.717) is 5.82 Å². The quantitative estimate of drug-likeness (QED) is 0.228. The topological polar surface area (TPSA) is 30.7 Å². The number of rotatable bonds is 3. The second-order valence-corrected chi connectivity index (χ2v) is 10.9. The molecule has 40 heavy (non-hydrogen) atoms. The van der Waals surface area contributed by atoms with Crippen LogP contribution in [0, 0.1) is 0 Å². The molecule has 188 valence electrons. The van der Waals surface area contributed by atoms with Crippen LogP contribution in [0.4, 0.5) is 0 Å². The molecule has 0 aliphatic carbocycles. The molecule has 1 aliphatic rings. The minimum Gasteiger partial charge on any atom is -0.294 e. The van der Waals surface area contributed by atoms with E-state index < -0.39 is 0 Å². The maximum Gasteiger partial charge on any atom is 0.162 e. The number of fused-ring (bicyclic) bond motifs is 6. The summed E-state index contributed by atoms with van der Waals surface area (Å²) in [5.74, 6) is 1.57. The van der Waals surface area contributed by atoms with Crippen molar-refractivity contribution in [1.29, 1.82) is 0 Å². The maximum atomic E-state index is 5.16. The monoisotopic (exact) mass is 529 g/mol. The molecule has 3 heterocycles. The number of para-hydroxylation sites is 1. The summed E-state index contributed by atoms with van der Waals surface area (Å²) in [6.45, 7) is 0. The van der Waals surface area contributed by atoms with Crippen LogP contribution in [0.1, 0.15) is 11.1 Å². The first-order chi connectivity index (χ1) is 19.8. The minimum atomic E-state index is 0.712. The van der Waals surface area contributed by atoms with Gasteiger partial charge >= 0.3 is 0 Å². The SMILES string of the molecule is C1=Cc2c(ccc3c2c2ccccc2n3-c2cc(-c3ccccc3)nc(-c3ccccc3)n2)Sc2ccccc21. The summed E-state index contributed by atoms with van der Waals surface area (Å²) in [5.41, 5.74) is 7.71. The fourth-order valence-electron chi connectivity index (χ4n) is 5.59. The Morgan fingerprint density at radius 3 is 2.12 bits per heavy atom. The van der Waals surface area contributed by atoms with Crippen LogP contribution in [-0.2, 0) is 0 Å². The highest BCUT2D eigenvalue weighted by Gasteiger charge is 2.20. The highest BCUT2D eigenvalue weighted by molar-refractivity contribution is 7.99. The third-order valence-electron chi connectivity index (χ3n) is 7.45. The molecule has 0 N–H and O–H groups in total. The summed E-state index contributed by atoms with van der Waals surface area (Å²) in [6.07, 6.45) is 4.52. The molecule has 0 fully saturated rings. The highest BCUT2D eigenvalue weighted by atomic mass is 32.2. The molecular weight excluding hydrogens is 506 g/mol. The lowest BCUT2D eigenvalue weighted by atomic mass is 10.0. The van der Waals surface area contributed by atoms with E-state index in [2.05, 4.69) is 120 Å². The van der Waals surface area contributed by atoms with Crippen LogP contribution in [0.25, 0.3) is 62.4 Å². The van der Waals surface area contributed by atoms with Crippen molar-refractivity contribution in [3.8, 4) is 28.5 Å². The molecule has 0 radical (unpaired) electrons. The molecule has 1 aliphatic heterocycles. The molecule has 4 heteroatoms. The standard InChI is InChI=1S/C36H23N3S/c1-3-11-24(12-4-1)29-23-34(38-36(37-29)26-14-5-2-6-15-26)39-30-17-9-8-16-27(30)35-28-20-19-25-13-7-10-18-32(25)40-33(28)22-21-31(35)39/h1-23H. The zero-order valence-electron chi connectivity index (χ0n) is 21.5. The van der Waals surface area contributed by atoms with E-state index in [0.717, 1.165) is 33.7 Å². The Morgan fingerprint density at radius 1 is 0.550 bits per heavy atom. The average Bonchev–Trinajstić information content (AvgIpc) is 3.24. The van der Waals surface area contributed by atoms with Gasteiger partial charge in [-0.2, -0.15) is 0 Å². The lowest BCUT2D eigenvalue weighted by Crippen LogP contribution is -2.02.